The molecule has 2 heterocycles. The molecule has 0 amide bonds. The van der Waals surface area contributed by atoms with Crippen molar-refractivity contribution in [3.63, 3.8) is 0 Å². The fourth-order valence-electron chi connectivity index (χ4n) is 4.12. The highest BCUT2D eigenvalue weighted by Crippen LogP contribution is 2.26. The lowest BCUT2D eigenvalue weighted by Gasteiger charge is -2.42. The largest absolute Gasteiger partial charge is 0.306 e. The average Bonchev–Trinajstić information content (AvgIpc) is 2.64. The number of piperazine rings is 1. The molecule has 1 aromatic carbocycles. The summed E-state index contributed by atoms with van der Waals surface area (Å²) < 4.78 is 0. The molecule has 1 unspecified atom stereocenters. The first-order chi connectivity index (χ1) is 12.1. The van der Waals surface area contributed by atoms with E-state index in [4.69, 9.17) is 11.6 Å². The van der Waals surface area contributed by atoms with Gasteiger partial charge in [-0.1, -0.05) is 37.6 Å². The smallest absolute Gasteiger partial charge is 0.0453 e. The Morgan fingerprint density at radius 3 is 2.36 bits per heavy atom. The quantitative estimate of drug-likeness (QED) is 0.780. The Morgan fingerprint density at radius 2 is 1.76 bits per heavy atom. The maximum absolute atomic E-state index is 6.57. The molecule has 25 heavy (non-hydrogen) atoms. The first kappa shape index (κ1) is 19.2. The number of likely N-dealkylation sites (tertiary alicyclic amines) is 1. The van der Waals surface area contributed by atoms with E-state index < -0.39 is 0 Å². The predicted octanol–water partition coefficient (Wildman–Crippen LogP) is 4.07. The molecule has 1 aromatic rings. The Morgan fingerprint density at radius 1 is 1.08 bits per heavy atom. The van der Waals surface area contributed by atoms with E-state index in [1.807, 2.05) is 0 Å². The van der Waals surface area contributed by atoms with Crippen molar-refractivity contribution in [3.8, 4) is 0 Å². The van der Waals surface area contributed by atoms with Gasteiger partial charge in [-0.25, -0.2) is 0 Å². The van der Waals surface area contributed by atoms with Crippen molar-refractivity contribution in [2.75, 3.05) is 46.3 Å². The minimum atomic E-state index is 0.588. The highest BCUT2D eigenvalue weighted by Gasteiger charge is 2.26. The number of hydrogen-bond donors (Lipinski definition) is 0. The van der Waals surface area contributed by atoms with E-state index >= 15 is 0 Å². The van der Waals surface area contributed by atoms with Crippen LogP contribution in [0.25, 0.3) is 0 Å². The second kappa shape index (κ2) is 8.85. The molecule has 0 aliphatic carbocycles. The fourth-order valence-corrected chi connectivity index (χ4v) is 4.37. The van der Waals surface area contributed by atoms with Gasteiger partial charge in [0.05, 0.1) is 0 Å². The van der Waals surface area contributed by atoms with E-state index in [1.165, 1.54) is 50.1 Å². The molecule has 1 atom stereocenters. The van der Waals surface area contributed by atoms with Gasteiger partial charge in [0.2, 0.25) is 0 Å². The van der Waals surface area contributed by atoms with Gasteiger partial charge in [-0.05, 0) is 62.5 Å². The Labute approximate surface area is 158 Å². The molecular weight excluding hydrogens is 330 g/mol. The van der Waals surface area contributed by atoms with Crippen molar-refractivity contribution in [1.29, 1.82) is 0 Å². The first-order valence-electron chi connectivity index (χ1n) is 10.00. The third kappa shape index (κ3) is 4.97. The van der Waals surface area contributed by atoms with Gasteiger partial charge < -0.3 is 4.90 Å². The third-order valence-corrected chi connectivity index (χ3v) is 6.62. The number of hydrogen-bond acceptors (Lipinski definition) is 3. The molecule has 140 valence electrons. The minimum Gasteiger partial charge on any atom is -0.306 e. The van der Waals surface area contributed by atoms with Crippen LogP contribution in [0.15, 0.2) is 18.2 Å². The van der Waals surface area contributed by atoms with E-state index in [2.05, 4.69) is 53.8 Å². The van der Waals surface area contributed by atoms with Gasteiger partial charge in [0.25, 0.3) is 0 Å². The molecule has 0 radical (unpaired) electrons. The van der Waals surface area contributed by atoms with Crippen molar-refractivity contribution in [3.05, 3.63) is 34.3 Å². The summed E-state index contributed by atoms with van der Waals surface area (Å²) >= 11 is 6.57. The second-order valence-corrected chi connectivity index (χ2v) is 8.41. The lowest BCUT2D eigenvalue weighted by molar-refractivity contribution is 0.0618. The number of rotatable bonds is 5. The zero-order valence-corrected chi connectivity index (χ0v) is 16.9. The van der Waals surface area contributed by atoms with Crippen LogP contribution in [0.3, 0.4) is 0 Å². The van der Waals surface area contributed by atoms with Crippen molar-refractivity contribution >= 4 is 11.6 Å². The Bertz CT molecular complexity index is 546. The first-order valence-corrected chi connectivity index (χ1v) is 10.4. The number of halogens is 1. The van der Waals surface area contributed by atoms with Gasteiger partial charge in [-0.15, -0.1) is 0 Å². The molecule has 0 bridgehead atoms. The summed E-state index contributed by atoms with van der Waals surface area (Å²) in [7, 11) is 2.24. The molecule has 0 N–H and O–H groups in total. The molecule has 3 nitrogen and oxygen atoms in total. The predicted molar refractivity (Wildman–Crippen MR) is 108 cm³/mol. The summed E-state index contributed by atoms with van der Waals surface area (Å²) in [4.78, 5) is 7.74. The number of benzene rings is 1. The van der Waals surface area contributed by atoms with Crippen LogP contribution in [0.5, 0.6) is 0 Å². The standard InChI is InChI=1S/C21H34ClN3/c1-4-17(2)18-5-6-19(21(22)15-18)16-24-11-13-25(14-12-24)20-7-9-23(3)10-8-20/h5-6,15,17,20H,4,7-14,16H2,1-3H3. The molecule has 0 saturated carbocycles. The van der Waals surface area contributed by atoms with Crippen LogP contribution in [0.2, 0.25) is 5.02 Å². The lowest BCUT2D eigenvalue weighted by atomic mass is 9.97. The van der Waals surface area contributed by atoms with Crippen LogP contribution in [-0.2, 0) is 6.54 Å². The second-order valence-electron chi connectivity index (χ2n) is 8.01. The molecule has 4 heteroatoms. The number of nitrogens with zero attached hydrogens (tertiary/aromatic N) is 3. The van der Waals surface area contributed by atoms with Gasteiger partial charge >= 0.3 is 0 Å². The average molecular weight is 364 g/mol. The molecule has 0 aromatic heterocycles. The van der Waals surface area contributed by atoms with Crippen molar-refractivity contribution in [2.45, 2.75) is 51.6 Å². The summed E-state index contributed by atoms with van der Waals surface area (Å²) in [5.74, 6) is 0.588. The lowest BCUT2D eigenvalue weighted by Crippen LogP contribution is -2.52. The van der Waals surface area contributed by atoms with Crippen LogP contribution in [0, 0.1) is 0 Å². The van der Waals surface area contributed by atoms with Crippen molar-refractivity contribution < 1.29 is 0 Å². The van der Waals surface area contributed by atoms with Gasteiger partial charge in [-0.2, -0.15) is 0 Å². The van der Waals surface area contributed by atoms with Crippen molar-refractivity contribution in [2.24, 2.45) is 0 Å². The van der Waals surface area contributed by atoms with E-state index in [0.29, 0.717) is 5.92 Å². The fraction of sp³-hybridized carbons (Fsp3) is 0.714. The maximum Gasteiger partial charge on any atom is 0.0453 e. The molecule has 2 saturated heterocycles. The van der Waals surface area contributed by atoms with Crippen LogP contribution < -0.4 is 0 Å². The summed E-state index contributed by atoms with van der Waals surface area (Å²) in [6, 6.07) is 7.49. The Hall–Kier alpha value is -0.610. The summed E-state index contributed by atoms with van der Waals surface area (Å²) in [5, 5.41) is 0.940. The SMILES string of the molecule is CCC(C)c1ccc(CN2CCN(C3CCN(C)CC3)CC2)c(Cl)c1. The molecular formula is C21H34ClN3. The molecule has 2 aliphatic rings. The monoisotopic (exact) mass is 363 g/mol. The molecule has 0 spiro atoms. The highest BCUT2D eigenvalue weighted by molar-refractivity contribution is 6.31. The van der Waals surface area contributed by atoms with Crippen molar-refractivity contribution in [1.82, 2.24) is 14.7 Å². The zero-order valence-electron chi connectivity index (χ0n) is 16.2. The van der Waals surface area contributed by atoms with E-state index in [-0.39, 0.29) is 0 Å². The normalized spacial score (nSPS) is 23.0. The van der Waals surface area contributed by atoms with Crippen LogP contribution in [-0.4, -0.2) is 67.1 Å². The van der Waals surface area contributed by atoms with Crippen LogP contribution >= 0.6 is 11.6 Å². The van der Waals surface area contributed by atoms with E-state index in [1.54, 1.807) is 0 Å². The topological polar surface area (TPSA) is 9.72 Å². The molecule has 3 rings (SSSR count). The van der Waals surface area contributed by atoms with E-state index in [0.717, 1.165) is 37.1 Å². The van der Waals surface area contributed by atoms with Gasteiger partial charge in [0.15, 0.2) is 0 Å². The number of piperidine rings is 1. The van der Waals surface area contributed by atoms with Crippen LogP contribution in [0.4, 0.5) is 0 Å². The minimum absolute atomic E-state index is 0.588. The van der Waals surface area contributed by atoms with E-state index in [9.17, 15) is 0 Å². The third-order valence-electron chi connectivity index (χ3n) is 6.26. The highest BCUT2D eigenvalue weighted by atomic mass is 35.5. The summed E-state index contributed by atoms with van der Waals surface area (Å²) in [6.07, 6.45) is 3.83. The molecule has 2 aliphatic heterocycles. The summed E-state index contributed by atoms with van der Waals surface area (Å²) in [5.41, 5.74) is 2.64. The zero-order chi connectivity index (χ0) is 17.8. The van der Waals surface area contributed by atoms with Gasteiger partial charge in [-0.3, -0.25) is 9.80 Å². The Kier molecular flexibility index (Phi) is 6.79. The van der Waals surface area contributed by atoms with Gasteiger partial charge in [0.1, 0.15) is 0 Å². The Balaban J connectivity index is 1.50. The van der Waals surface area contributed by atoms with Crippen LogP contribution in [0.1, 0.15) is 50.2 Å². The maximum atomic E-state index is 6.57. The van der Waals surface area contributed by atoms with Gasteiger partial charge in [0, 0.05) is 43.8 Å². The molecule has 2 fully saturated rings. The summed E-state index contributed by atoms with van der Waals surface area (Å²) in [6.45, 7) is 12.7.